The number of anilines is 1. The number of para-hydroxylation sites is 2. The molecule has 0 unspecified atom stereocenters. The maximum Gasteiger partial charge on any atom is 0.282 e. The lowest BCUT2D eigenvalue weighted by Crippen LogP contribution is -3.19. The number of carbonyl (C=O) groups is 2. The number of nitrogens with zero attached hydrogens (tertiary/aromatic N) is 1. The lowest BCUT2D eigenvalue weighted by atomic mass is 10.2. The van der Waals surface area contributed by atoms with Crippen LogP contribution in [-0.4, -0.2) is 61.6 Å². The van der Waals surface area contributed by atoms with Gasteiger partial charge in [0.05, 0.1) is 26.2 Å². The van der Waals surface area contributed by atoms with Crippen LogP contribution in [0.1, 0.15) is 6.92 Å². The number of benzene rings is 2. The van der Waals surface area contributed by atoms with E-state index in [0.717, 1.165) is 4.90 Å². The zero-order valence-electron chi connectivity index (χ0n) is 16.8. The van der Waals surface area contributed by atoms with E-state index in [2.05, 4.69) is 5.32 Å². The third-order valence-electron chi connectivity index (χ3n) is 5.62. The van der Waals surface area contributed by atoms with E-state index in [1.165, 1.54) is 24.3 Å². The SMILES string of the molecule is C[C@@H](C(=O)Nc1ccc(F)cc1)[NH+]1CCN(C(=O)[C@H]2COc3ccccc3O2)CC1. The minimum atomic E-state index is -0.652. The van der Waals surface area contributed by atoms with Crippen molar-refractivity contribution in [1.82, 2.24) is 4.90 Å². The number of amides is 2. The van der Waals surface area contributed by atoms with E-state index < -0.39 is 6.10 Å². The highest BCUT2D eigenvalue weighted by atomic mass is 19.1. The summed E-state index contributed by atoms with van der Waals surface area (Å²) >= 11 is 0. The molecule has 0 saturated carbocycles. The maximum atomic E-state index is 13.0. The molecule has 2 amide bonds. The van der Waals surface area contributed by atoms with Crippen molar-refractivity contribution in [3.8, 4) is 11.5 Å². The molecule has 2 N–H and O–H groups in total. The van der Waals surface area contributed by atoms with Gasteiger partial charge >= 0.3 is 0 Å². The molecule has 0 bridgehead atoms. The van der Waals surface area contributed by atoms with Crippen LogP contribution in [0.3, 0.4) is 0 Å². The Morgan fingerprint density at radius 3 is 2.47 bits per heavy atom. The molecule has 0 aliphatic carbocycles. The van der Waals surface area contributed by atoms with Gasteiger partial charge in [0, 0.05) is 5.69 Å². The quantitative estimate of drug-likeness (QED) is 0.774. The molecule has 158 valence electrons. The topological polar surface area (TPSA) is 72.3 Å². The second-order valence-electron chi connectivity index (χ2n) is 7.57. The van der Waals surface area contributed by atoms with Gasteiger partial charge in [-0.25, -0.2) is 4.39 Å². The van der Waals surface area contributed by atoms with Gasteiger partial charge < -0.3 is 24.6 Å². The summed E-state index contributed by atoms with van der Waals surface area (Å²) in [6, 6.07) is 12.7. The van der Waals surface area contributed by atoms with E-state index in [1.807, 2.05) is 25.1 Å². The number of piperazine rings is 1. The normalized spacial score (nSPS) is 19.8. The molecule has 7 nitrogen and oxygen atoms in total. The molecule has 2 atom stereocenters. The van der Waals surface area contributed by atoms with Crippen LogP contribution >= 0.6 is 0 Å². The summed E-state index contributed by atoms with van der Waals surface area (Å²) in [4.78, 5) is 28.3. The first-order valence-electron chi connectivity index (χ1n) is 10.1. The van der Waals surface area contributed by atoms with Gasteiger partial charge in [0.25, 0.3) is 11.8 Å². The smallest absolute Gasteiger partial charge is 0.282 e. The fraction of sp³-hybridized carbons (Fsp3) is 0.364. The molecule has 8 heteroatoms. The number of quaternary nitrogens is 1. The minimum Gasteiger partial charge on any atom is -0.485 e. The van der Waals surface area contributed by atoms with Crippen molar-refractivity contribution in [3.63, 3.8) is 0 Å². The maximum absolute atomic E-state index is 13.0. The summed E-state index contributed by atoms with van der Waals surface area (Å²) in [6.07, 6.45) is -0.652. The number of fused-ring (bicyclic) bond motifs is 1. The highest BCUT2D eigenvalue weighted by Crippen LogP contribution is 2.31. The summed E-state index contributed by atoms with van der Waals surface area (Å²) in [5.74, 6) is 0.668. The van der Waals surface area contributed by atoms with Gasteiger partial charge in [-0.1, -0.05) is 12.1 Å². The van der Waals surface area contributed by atoms with Crippen LogP contribution in [0.4, 0.5) is 10.1 Å². The average Bonchev–Trinajstić information content (AvgIpc) is 2.79. The third-order valence-corrected chi connectivity index (χ3v) is 5.62. The fourth-order valence-corrected chi connectivity index (χ4v) is 3.76. The Kier molecular flexibility index (Phi) is 5.85. The second-order valence-corrected chi connectivity index (χ2v) is 7.57. The first kappa shape index (κ1) is 20.2. The lowest BCUT2D eigenvalue weighted by Gasteiger charge is -2.36. The molecule has 2 aromatic carbocycles. The summed E-state index contributed by atoms with van der Waals surface area (Å²) in [5.41, 5.74) is 0.566. The standard InChI is InChI=1S/C22H24FN3O4/c1-15(21(27)24-17-8-6-16(23)7-9-17)25-10-12-26(13-11-25)22(28)20-14-29-18-4-2-3-5-19(18)30-20/h2-9,15,20H,10-14H2,1H3,(H,24,27)/p+1/t15-,20+/m0/s1. The Hall–Kier alpha value is -3.13. The van der Waals surface area contributed by atoms with Gasteiger partial charge in [-0.15, -0.1) is 0 Å². The molecule has 30 heavy (non-hydrogen) atoms. The predicted octanol–water partition coefficient (Wildman–Crippen LogP) is 0.720. The molecule has 1 fully saturated rings. The number of hydrogen-bond acceptors (Lipinski definition) is 4. The van der Waals surface area contributed by atoms with E-state index in [-0.39, 0.29) is 30.3 Å². The van der Waals surface area contributed by atoms with Gasteiger partial charge in [-0.3, -0.25) is 9.59 Å². The van der Waals surface area contributed by atoms with Gasteiger partial charge in [-0.05, 0) is 43.3 Å². The van der Waals surface area contributed by atoms with E-state index in [1.54, 1.807) is 11.0 Å². The first-order valence-corrected chi connectivity index (χ1v) is 10.1. The molecule has 0 aromatic heterocycles. The van der Waals surface area contributed by atoms with Crippen molar-refractivity contribution >= 4 is 17.5 Å². The van der Waals surface area contributed by atoms with E-state index in [0.29, 0.717) is 43.4 Å². The number of halogens is 1. The number of rotatable bonds is 4. The Labute approximate surface area is 174 Å². The second kappa shape index (κ2) is 8.71. The van der Waals surface area contributed by atoms with Crippen molar-refractivity contribution in [3.05, 3.63) is 54.3 Å². The van der Waals surface area contributed by atoms with Crippen LogP contribution in [0.15, 0.2) is 48.5 Å². The Balaban J connectivity index is 1.28. The molecule has 2 heterocycles. The number of carbonyl (C=O) groups excluding carboxylic acids is 2. The summed E-state index contributed by atoms with van der Waals surface area (Å²) in [7, 11) is 0. The van der Waals surface area contributed by atoms with Crippen molar-refractivity contribution < 1.29 is 28.4 Å². The van der Waals surface area contributed by atoms with E-state index >= 15 is 0 Å². The predicted molar refractivity (Wildman–Crippen MR) is 108 cm³/mol. The van der Waals surface area contributed by atoms with Crippen molar-refractivity contribution in [2.45, 2.75) is 19.1 Å². The number of nitrogens with one attached hydrogen (secondary N) is 2. The van der Waals surface area contributed by atoms with Gasteiger partial charge in [-0.2, -0.15) is 0 Å². The Morgan fingerprint density at radius 1 is 1.10 bits per heavy atom. The Morgan fingerprint density at radius 2 is 1.77 bits per heavy atom. The van der Waals surface area contributed by atoms with Crippen LogP contribution in [-0.2, 0) is 9.59 Å². The molecular weight excluding hydrogens is 389 g/mol. The first-order chi connectivity index (χ1) is 14.5. The van der Waals surface area contributed by atoms with Crippen LogP contribution < -0.4 is 19.7 Å². The van der Waals surface area contributed by atoms with Crippen LogP contribution in [0.5, 0.6) is 11.5 Å². The molecule has 1 saturated heterocycles. The van der Waals surface area contributed by atoms with E-state index in [9.17, 15) is 14.0 Å². The summed E-state index contributed by atoms with van der Waals surface area (Å²) in [5, 5.41) is 2.82. The molecule has 0 radical (unpaired) electrons. The molecule has 0 spiro atoms. The van der Waals surface area contributed by atoms with Gasteiger partial charge in [0.1, 0.15) is 12.4 Å². The lowest BCUT2D eigenvalue weighted by molar-refractivity contribution is -0.917. The molecule has 2 aliphatic heterocycles. The van der Waals surface area contributed by atoms with Crippen LogP contribution in [0.25, 0.3) is 0 Å². The zero-order valence-corrected chi connectivity index (χ0v) is 16.8. The minimum absolute atomic E-state index is 0.0908. The zero-order chi connectivity index (χ0) is 21.1. The van der Waals surface area contributed by atoms with E-state index in [4.69, 9.17) is 9.47 Å². The van der Waals surface area contributed by atoms with Crippen LogP contribution in [0.2, 0.25) is 0 Å². The van der Waals surface area contributed by atoms with Gasteiger partial charge in [0.2, 0.25) is 6.10 Å². The van der Waals surface area contributed by atoms with Crippen molar-refractivity contribution in [1.29, 1.82) is 0 Å². The highest BCUT2D eigenvalue weighted by molar-refractivity contribution is 5.93. The summed E-state index contributed by atoms with van der Waals surface area (Å²) in [6.45, 7) is 4.47. The Bertz CT molecular complexity index is 913. The molecule has 4 rings (SSSR count). The number of hydrogen-bond donors (Lipinski definition) is 2. The monoisotopic (exact) mass is 414 g/mol. The molecule has 2 aliphatic rings. The van der Waals surface area contributed by atoms with Crippen molar-refractivity contribution in [2.24, 2.45) is 0 Å². The van der Waals surface area contributed by atoms with Gasteiger partial charge in [0.15, 0.2) is 17.5 Å². The van der Waals surface area contributed by atoms with Crippen molar-refractivity contribution in [2.75, 3.05) is 38.1 Å². The molecular formula is C22H25FN3O4+. The summed E-state index contributed by atoms with van der Waals surface area (Å²) < 4.78 is 24.5. The third kappa shape index (κ3) is 4.38. The molecule has 2 aromatic rings. The average molecular weight is 414 g/mol. The number of ether oxygens (including phenoxy) is 2. The van der Waals surface area contributed by atoms with Crippen LogP contribution in [0, 0.1) is 5.82 Å². The largest absolute Gasteiger partial charge is 0.485 e. The fourth-order valence-electron chi connectivity index (χ4n) is 3.76. The highest BCUT2D eigenvalue weighted by Gasteiger charge is 2.35.